The molecule has 0 spiro atoms. The zero-order valence-electron chi connectivity index (χ0n) is 29.2. The van der Waals surface area contributed by atoms with Gasteiger partial charge in [0, 0.05) is 43.7 Å². The number of allylic oxidation sites excluding steroid dienone is 2. The largest absolute Gasteiger partial charge is 0.512 e. The predicted molar refractivity (Wildman–Crippen MR) is 188 cm³/mol. The van der Waals surface area contributed by atoms with Crippen LogP contribution in [0.3, 0.4) is 0 Å². The third-order valence-electron chi connectivity index (χ3n) is 10.8. The molecular weight excluding hydrogens is 731 g/mol. The van der Waals surface area contributed by atoms with Crippen LogP contribution in [0, 0.1) is 38.7 Å². The molecule has 0 bridgehead atoms. The Morgan fingerprint density at radius 1 is 0.867 bits per heavy atom. The van der Waals surface area contributed by atoms with Crippen molar-refractivity contribution in [1.29, 1.82) is 0 Å². The van der Waals surface area contributed by atoms with Crippen LogP contribution in [0.4, 0.5) is 0 Å². The second-order valence-corrected chi connectivity index (χ2v) is 13.8. The van der Waals surface area contributed by atoms with Crippen LogP contribution in [0.5, 0.6) is 0 Å². The van der Waals surface area contributed by atoms with E-state index >= 15 is 0 Å². The summed E-state index contributed by atoms with van der Waals surface area (Å²) in [5, 5.41) is 13.5. The number of nitrogens with zero attached hydrogens (tertiary/aromatic N) is 1. The Morgan fingerprint density at radius 2 is 1.44 bits per heavy atom. The van der Waals surface area contributed by atoms with Crippen LogP contribution >= 0.6 is 0 Å². The monoisotopic (exact) mass is 783 g/mol. The van der Waals surface area contributed by atoms with E-state index in [9.17, 15) is 9.90 Å². The van der Waals surface area contributed by atoms with E-state index in [-0.39, 0.29) is 54.3 Å². The number of carbonyl (C=O) groups excluding carboxylic acids is 1. The first kappa shape index (κ1) is 36.7. The fourth-order valence-electron chi connectivity index (χ4n) is 6.92. The molecule has 243 valence electrons. The molecule has 0 unspecified atom stereocenters. The van der Waals surface area contributed by atoms with Crippen molar-refractivity contribution in [3.05, 3.63) is 88.2 Å². The van der Waals surface area contributed by atoms with Gasteiger partial charge in [0.25, 0.3) is 0 Å². The van der Waals surface area contributed by atoms with E-state index in [0.29, 0.717) is 0 Å². The number of pyridine rings is 1. The zero-order chi connectivity index (χ0) is 32.6. The number of aliphatic hydroxyl groups is 1. The summed E-state index contributed by atoms with van der Waals surface area (Å²) < 4.78 is 0. The predicted octanol–water partition coefficient (Wildman–Crippen LogP) is 11.2. The van der Waals surface area contributed by atoms with Crippen LogP contribution in [-0.4, -0.2) is 15.9 Å². The van der Waals surface area contributed by atoms with Crippen molar-refractivity contribution >= 4 is 27.5 Å². The summed E-state index contributed by atoms with van der Waals surface area (Å²) in [6.07, 6.45) is 4.91. The Balaban J connectivity index is 0.000000297. The summed E-state index contributed by atoms with van der Waals surface area (Å²) in [6.45, 7) is 24.3. The molecule has 0 atom stereocenters. The van der Waals surface area contributed by atoms with Crippen molar-refractivity contribution < 1.29 is 30.0 Å². The molecule has 0 saturated carbocycles. The molecule has 3 nitrogen and oxygen atoms in total. The number of rotatable bonds is 7. The van der Waals surface area contributed by atoms with Gasteiger partial charge in [0.05, 0.1) is 11.3 Å². The summed E-state index contributed by atoms with van der Waals surface area (Å²) in [5.74, 6) is 0.547. The van der Waals surface area contributed by atoms with E-state index in [1.54, 1.807) is 0 Å². The second kappa shape index (κ2) is 14.3. The minimum absolute atomic E-state index is 0. The second-order valence-electron chi connectivity index (χ2n) is 13.8. The van der Waals surface area contributed by atoms with Gasteiger partial charge in [-0.25, -0.2) is 0 Å². The number of para-hydroxylation sites is 1. The zero-order valence-corrected chi connectivity index (χ0v) is 31.6. The van der Waals surface area contributed by atoms with Gasteiger partial charge in [0.15, 0.2) is 5.78 Å². The molecule has 1 aromatic heterocycles. The topological polar surface area (TPSA) is 50.2 Å². The Bertz CT molecular complexity index is 1720. The van der Waals surface area contributed by atoms with Gasteiger partial charge in [-0.3, -0.25) is 9.78 Å². The van der Waals surface area contributed by atoms with Gasteiger partial charge in [-0.15, -0.1) is 23.1 Å². The summed E-state index contributed by atoms with van der Waals surface area (Å²) in [5.41, 5.74) is 10.0. The average molecular weight is 783 g/mol. The number of fused-ring (bicyclic) bond motifs is 5. The van der Waals surface area contributed by atoms with Gasteiger partial charge in [-0.05, 0) is 67.4 Å². The summed E-state index contributed by atoms with van der Waals surface area (Å²) >= 11 is 0. The van der Waals surface area contributed by atoms with Crippen molar-refractivity contribution in [2.75, 3.05) is 0 Å². The summed E-state index contributed by atoms with van der Waals surface area (Å²) in [6, 6.07) is 19.2. The first-order chi connectivity index (χ1) is 20.7. The number of ketones is 1. The Morgan fingerprint density at radius 3 is 2.04 bits per heavy atom. The standard InChI is InChI=1S/C28H28N.C13H24O2.Ir/c1-16-12-20-14-22-25(18(3)21(20)13-17(16)2)28(6,7)27(4,5)23-15-19-10-8-9-11-24(19)29-26(22)23;1-5-10(6-2)12(14)9-13(15)11(7-3)8-4;/h8-13,15H,1-7H3;9-11,14H,5-8H2,1-4H3;/q-1;;/b;12-9-;. The van der Waals surface area contributed by atoms with Crippen LogP contribution in [0.2, 0.25) is 0 Å². The Labute approximate surface area is 285 Å². The average Bonchev–Trinajstić information content (AvgIpc) is 2.98. The minimum atomic E-state index is -0.0433. The fraction of sp³-hybridized carbons (Fsp3) is 0.463. The first-order valence-corrected chi connectivity index (χ1v) is 16.6. The van der Waals surface area contributed by atoms with Crippen LogP contribution in [0.25, 0.3) is 32.9 Å². The molecule has 0 fully saturated rings. The molecule has 0 saturated heterocycles. The molecule has 4 heteroatoms. The smallest absolute Gasteiger partial charge is 0.162 e. The molecule has 1 heterocycles. The molecule has 0 aliphatic heterocycles. The summed E-state index contributed by atoms with van der Waals surface area (Å²) in [7, 11) is 0. The minimum Gasteiger partial charge on any atom is -0.512 e. The van der Waals surface area contributed by atoms with Crippen molar-refractivity contribution in [1.82, 2.24) is 4.98 Å². The quantitative estimate of drug-likeness (QED) is 0.115. The van der Waals surface area contributed by atoms with Gasteiger partial charge in [0.1, 0.15) is 0 Å². The van der Waals surface area contributed by atoms with Gasteiger partial charge < -0.3 is 5.11 Å². The maximum absolute atomic E-state index is 11.7. The van der Waals surface area contributed by atoms with Crippen LogP contribution in [-0.2, 0) is 35.7 Å². The van der Waals surface area contributed by atoms with Crippen molar-refractivity contribution in [2.45, 2.75) is 113 Å². The number of benzene rings is 3. The number of aryl methyl sites for hydroxylation is 3. The number of aliphatic hydroxyl groups excluding tert-OH is 1. The number of hydrogen-bond acceptors (Lipinski definition) is 3. The molecule has 3 aromatic carbocycles. The van der Waals surface area contributed by atoms with Crippen molar-refractivity contribution in [3.63, 3.8) is 0 Å². The number of aromatic nitrogens is 1. The van der Waals surface area contributed by atoms with Gasteiger partial charge >= 0.3 is 0 Å². The molecule has 1 radical (unpaired) electrons. The first-order valence-electron chi connectivity index (χ1n) is 16.6. The summed E-state index contributed by atoms with van der Waals surface area (Å²) in [4.78, 5) is 16.9. The van der Waals surface area contributed by atoms with Gasteiger partial charge in [-0.2, -0.15) is 0 Å². The third-order valence-corrected chi connectivity index (χ3v) is 10.8. The molecule has 5 rings (SSSR count). The molecule has 1 aliphatic carbocycles. The molecule has 1 N–H and O–H groups in total. The maximum atomic E-state index is 11.7. The maximum Gasteiger partial charge on any atom is 0.162 e. The van der Waals surface area contributed by atoms with E-state index in [4.69, 9.17) is 4.98 Å². The molecule has 4 aromatic rings. The van der Waals surface area contributed by atoms with Gasteiger partial charge in [-0.1, -0.05) is 120 Å². The van der Waals surface area contributed by atoms with E-state index in [1.165, 1.54) is 55.6 Å². The molecule has 1 aliphatic rings. The Kier molecular flexibility index (Phi) is 11.7. The number of carbonyl (C=O) groups is 1. The van der Waals surface area contributed by atoms with Crippen molar-refractivity contribution in [2.24, 2.45) is 11.8 Å². The molecule has 45 heavy (non-hydrogen) atoms. The van der Waals surface area contributed by atoms with Crippen LogP contribution in [0.1, 0.15) is 109 Å². The van der Waals surface area contributed by atoms with Gasteiger partial charge in [0.2, 0.25) is 0 Å². The molecule has 0 amide bonds. The van der Waals surface area contributed by atoms with E-state index < -0.39 is 0 Å². The molecular formula is C41H52IrNO2-. The SMILES string of the molecule is CCC(CC)C(=O)/C=C(\O)C(CC)CC.Cc1cc2[c-]c3c(c(C)c2cc1C)C(C)(C)C(C)(C)c1cc2ccccc2nc1-3.[Ir]. The van der Waals surface area contributed by atoms with E-state index in [1.807, 2.05) is 27.7 Å². The van der Waals surface area contributed by atoms with Crippen molar-refractivity contribution in [3.8, 4) is 11.3 Å². The third kappa shape index (κ3) is 6.70. The van der Waals surface area contributed by atoms with E-state index in [0.717, 1.165) is 36.9 Å². The van der Waals surface area contributed by atoms with E-state index in [2.05, 4.69) is 97.0 Å². The fourth-order valence-corrected chi connectivity index (χ4v) is 6.92. The number of hydrogen-bond donors (Lipinski definition) is 1. The van der Waals surface area contributed by atoms with Crippen LogP contribution in [0.15, 0.2) is 54.3 Å². The normalized spacial score (nSPS) is 14.9. The van der Waals surface area contributed by atoms with Crippen LogP contribution < -0.4 is 0 Å². The Hall–Kier alpha value is -2.81.